The Morgan fingerprint density at radius 2 is 2.08 bits per heavy atom. The van der Waals surface area contributed by atoms with E-state index < -0.39 is 0 Å². The summed E-state index contributed by atoms with van der Waals surface area (Å²) in [5.74, 6) is 0.0674. The topological polar surface area (TPSA) is 75.4 Å². The lowest BCUT2D eigenvalue weighted by atomic mass is 9.94. The van der Waals surface area contributed by atoms with Gasteiger partial charge in [0.25, 0.3) is 0 Å². The van der Waals surface area contributed by atoms with E-state index in [0.29, 0.717) is 19.0 Å². The van der Waals surface area contributed by atoms with E-state index in [1.54, 1.807) is 4.90 Å². The van der Waals surface area contributed by atoms with E-state index in [9.17, 15) is 9.59 Å². The van der Waals surface area contributed by atoms with Crippen molar-refractivity contribution in [2.45, 2.75) is 31.7 Å². The molecule has 5 nitrogen and oxygen atoms in total. The predicted octanol–water partition coefficient (Wildman–Crippen LogP) is 2.47. The van der Waals surface area contributed by atoms with Crippen LogP contribution in [0.3, 0.4) is 0 Å². The number of amides is 2. The van der Waals surface area contributed by atoms with Crippen molar-refractivity contribution in [3.05, 3.63) is 28.7 Å². The van der Waals surface area contributed by atoms with Crippen molar-refractivity contribution in [2.24, 2.45) is 17.6 Å². The number of hydrogen-bond donors (Lipinski definition) is 2. The summed E-state index contributed by atoms with van der Waals surface area (Å²) in [4.78, 5) is 26.6. The van der Waals surface area contributed by atoms with Crippen LogP contribution in [-0.4, -0.2) is 30.4 Å². The number of nitrogens with zero attached hydrogens (tertiary/aromatic N) is 1. The molecule has 7 heteroatoms. The second-order valence-electron chi connectivity index (χ2n) is 6.74. The zero-order valence-corrected chi connectivity index (χ0v) is 16.0. The highest BCUT2D eigenvalue weighted by Gasteiger charge is 2.44. The number of benzene rings is 1. The molecule has 2 unspecified atom stereocenters. The summed E-state index contributed by atoms with van der Waals surface area (Å²) in [6.07, 6.45) is 2.47. The summed E-state index contributed by atoms with van der Waals surface area (Å²) in [7, 11) is 0. The van der Waals surface area contributed by atoms with Gasteiger partial charge in [-0.2, -0.15) is 0 Å². The summed E-state index contributed by atoms with van der Waals surface area (Å²) in [5, 5.41) is 3.10. The standard InChI is InChI=1S/C17H22BrN3O2.ClH/c1-17(10-19,12-6-7-12)20-16(23)11-8-15(22)21(9-11)14-5-3-2-4-13(14)18;/h2-5,11-12H,6-10,19H2,1H3,(H,20,23);1H. The Kier molecular flexibility index (Phi) is 5.94. The average molecular weight is 417 g/mol. The van der Waals surface area contributed by atoms with Crippen LogP contribution in [0.1, 0.15) is 26.2 Å². The van der Waals surface area contributed by atoms with Crippen molar-refractivity contribution in [3.8, 4) is 0 Å². The van der Waals surface area contributed by atoms with Crippen LogP contribution in [0, 0.1) is 11.8 Å². The number of nitrogens with one attached hydrogen (secondary N) is 1. The van der Waals surface area contributed by atoms with Crippen molar-refractivity contribution in [2.75, 3.05) is 18.0 Å². The van der Waals surface area contributed by atoms with Gasteiger partial charge in [-0.3, -0.25) is 9.59 Å². The molecule has 3 rings (SSSR count). The van der Waals surface area contributed by atoms with Gasteiger partial charge in [0.15, 0.2) is 0 Å². The van der Waals surface area contributed by atoms with E-state index in [-0.39, 0.29) is 42.1 Å². The fourth-order valence-corrected chi connectivity index (χ4v) is 3.71. The minimum absolute atomic E-state index is 0. The zero-order chi connectivity index (χ0) is 16.6. The van der Waals surface area contributed by atoms with Gasteiger partial charge in [-0.15, -0.1) is 12.4 Å². The summed E-state index contributed by atoms with van der Waals surface area (Å²) in [5.41, 5.74) is 6.33. The molecule has 2 aliphatic rings. The number of halogens is 2. The third-order valence-electron chi connectivity index (χ3n) is 4.95. The normalized spacial score (nSPS) is 22.7. The molecule has 24 heavy (non-hydrogen) atoms. The van der Waals surface area contributed by atoms with Crippen LogP contribution < -0.4 is 16.0 Å². The molecular weight excluding hydrogens is 394 g/mol. The lowest BCUT2D eigenvalue weighted by molar-refractivity contribution is -0.128. The lowest BCUT2D eigenvalue weighted by Gasteiger charge is -2.30. The third-order valence-corrected chi connectivity index (χ3v) is 5.62. The maximum atomic E-state index is 12.6. The first-order valence-electron chi connectivity index (χ1n) is 8.01. The van der Waals surface area contributed by atoms with Gasteiger partial charge < -0.3 is 16.0 Å². The van der Waals surface area contributed by atoms with Crippen LogP contribution in [0.15, 0.2) is 28.7 Å². The van der Waals surface area contributed by atoms with Crippen molar-refractivity contribution in [1.82, 2.24) is 5.32 Å². The first kappa shape index (κ1) is 19.2. The van der Waals surface area contributed by atoms with E-state index >= 15 is 0 Å². The number of hydrogen-bond acceptors (Lipinski definition) is 3. The first-order valence-corrected chi connectivity index (χ1v) is 8.81. The van der Waals surface area contributed by atoms with E-state index in [4.69, 9.17) is 5.73 Å². The molecule has 1 saturated carbocycles. The Morgan fingerprint density at radius 1 is 1.42 bits per heavy atom. The maximum absolute atomic E-state index is 12.6. The highest BCUT2D eigenvalue weighted by atomic mass is 79.9. The average Bonchev–Trinajstić information content (AvgIpc) is 3.31. The molecule has 1 heterocycles. The molecule has 1 aromatic carbocycles. The van der Waals surface area contributed by atoms with Crippen LogP contribution in [0.2, 0.25) is 0 Å². The fourth-order valence-electron chi connectivity index (χ4n) is 3.21. The Labute approximate surface area is 156 Å². The van der Waals surface area contributed by atoms with Gasteiger partial charge in [0.05, 0.1) is 17.1 Å². The van der Waals surface area contributed by atoms with Gasteiger partial charge in [0, 0.05) is 24.0 Å². The third kappa shape index (κ3) is 3.76. The van der Waals surface area contributed by atoms with Crippen molar-refractivity contribution in [1.29, 1.82) is 0 Å². The summed E-state index contributed by atoms with van der Waals surface area (Å²) in [6, 6.07) is 7.57. The molecule has 2 atom stereocenters. The molecule has 1 aliphatic carbocycles. The summed E-state index contributed by atoms with van der Waals surface area (Å²) < 4.78 is 0.860. The Hall–Kier alpha value is -1.11. The number of nitrogens with two attached hydrogens (primary N) is 1. The largest absolute Gasteiger partial charge is 0.349 e. The molecular formula is C17H23BrClN3O2. The minimum atomic E-state index is -0.346. The van der Waals surface area contributed by atoms with Gasteiger partial charge in [-0.25, -0.2) is 0 Å². The highest BCUT2D eigenvalue weighted by molar-refractivity contribution is 9.10. The number of rotatable bonds is 5. The quantitative estimate of drug-likeness (QED) is 0.774. The van der Waals surface area contributed by atoms with Gasteiger partial charge in [-0.1, -0.05) is 12.1 Å². The minimum Gasteiger partial charge on any atom is -0.349 e. The molecule has 1 aliphatic heterocycles. The predicted molar refractivity (Wildman–Crippen MR) is 100 cm³/mol. The molecule has 2 fully saturated rings. The van der Waals surface area contributed by atoms with Crippen LogP contribution in [-0.2, 0) is 9.59 Å². The van der Waals surface area contributed by atoms with Gasteiger partial charge in [0.1, 0.15) is 0 Å². The van der Waals surface area contributed by atoms with E-state index in [1.165, 1.54) is 0 Å². The SMILES string of the molecule is CC(CN)(NC(=O)C1CC(=O)N(c2ccccc2Br)C1)C1CC1.Cl. The lowest BCUT2D eigenvalue weighted by Crippen LogP contribution is -2.54. The van der Waals surface area contributed by atoms with E-state index in [1.807, 2.05) is 31.2 Å². The number of carbonyl (C=O) groups excluding carboxylic acids is 2. The second-order valence-corrected chi connectivity index (χ2v) is 7.60. The molecule has 2 amide bonds. The van der Waals surface area contributed by atoms with Crippen LogP contribution in [0.5, 0.6) is 0 Å². The smallest absolute Gasteiger partial charge is 0.227 e. The zero-order valence-electron chi connectivity index (χ0n) is 13.6. The van der Waals surface area contributed by atoms with Gasteiger partial charge in [0.2, 0.25) is 11.8 Å². The van der Waals surface area contributed by atoms with Gasteiger partial charge >= 0.3 is 0 Å². The maximum Gasteiger partial charge on any atom is 0.227 e. The molecule has 1 saturated heterocycles. The molecule has 132 valence electrons. The molecule has 1 aromatic rings. The number of anilines is 1. The summed E-state index contributed by atoms with van der Waals surface area (Å²) in [6.45, 7) is 2.85. The van der Waals surface area contributed by atoms with Crippen LogP contribution in [0.25, 0.3) is 0 Å². The molecule has 0 bridgehead atoms. The Balaban J connectivity index is 0.00000208. The Morgan fingerprint density at radius 3 is 2.67 bits per heavy atom. The Bertz CT molecular complexity index is 638. The first-order chi connectivity index (χ1) is 10.9. The monoisotopic (exact) mass is 415 g/mol. The van der Waals surface area contributed by atoms with E-state index in [0.717, 1.165) is 23.0 Å². The number of para-hydroxylation sites is 1. The summed E-state index contributed by atoms with van der Waals surface area (Å²) >= 11 is 3.47. The second kappa shape index (κ2) is 7.42. The molecule has 0 spiro atoms. The molecule has 0 radical (unpaired) electrons. The van der Waals surface area contributed by atoms with Crippen molar-refractivity contribution in [3.63, 3.8) is 0 Å². The molecule has 3 N–H and O–H groups in total. The van der Waals surface area contributed by atoms with Crippen molar-refractivity contribution < 1.29 is 9.59 Å². The molecule has 0 aromatic heterocycles. The highest BCUT2D eigenvalue weighted by Crippen LogP contribution is 2.39. The van der Waals surface area contributed by atoms with Crippen LogP contribution >= 0.6 is 28.3 Å². The van der Waals surface area contributed by atoms with Gasteiger partial charge in [-0.05, 0) is 53.7 Å². The van der Waals surface area contributed by atoms with Crippen molar-refractivity contribution >= 4 is 45.8 Å². The fraction of sp³-hybridized carbons (Fsp3) is 0.529. The number of carbonyl (C=O) groups is 2. The van der Waals surface area contributed by atoms with E-state index in [2.05, 4.69) is 21.2 Å². The van der Waals surface area contributed by atoms with Crippen LogP contribution in [0.4, 0.5) is 5.69 Å².